The van der Waals surface area contributed by atoms with E-state index in [2.05, 4.69) is 33.2 Å². The van der Waals surface area contributed by atoms with E-state index in [9.17, 15) is 4.79 Å². The molecule has 2 aromatic heterocycles. The van der Waals surface area contributed by atoms with Crippen molar-refractivity contribution in [3.8, 4) is 23.7 Å². The maximum Gasteiger partial charge on any atom is 0.256 e. The standard InChI is InChI=1S/C27H25FN6O/c1-3-33-10-4-5-23(33)21-15-19-16-24(30-17-22(19)26(29)25(21)28)31-27(35)18-6-8-20(9-7-18)34-13-11-32(2)12-14-34/h1,4-10,15-17H,11-14,29H2,2H3,(H,30,31,35). The molecular weight excluding hydrogens is 443 g/mol. The average molecular weight is 469 g/mol. The molecule has 7 nitrogen and oxygen atoms in total. The van der Waals surface area contributed by atoms with Crippen molar-refractivity contribution in [3.05, 3.63) is 72.3 Å². The van der Waals surface area contributed by atoms with Gasteiger partial charge in [-0.1, -0.05) is 6.42 Å². The summed E-state index contributed by atoms with van der Waals surface area (Å²) in [6, 6.07) is 16.8. The van der Waals surface area contributed by atoms with Gasteiger partial charge in [-0.2, -0.15) is 0 Å². The number of aromatic nitrogens is 2. The van der Waals surface area contributed by atoms with Crippen LogP contribution in [-0.4, -0.2) is 53.6 Å². The number of amides is 1. The number of pyridine rings is 1. The Bertz CT molecular complexity index is 1450. The van der Waals surface area contributed by atoms with Crippen molar-refractivity contribution < 1.29 is 9.18 Å². The van der Waals surface area contributed by atoms with Crippen molar-refractivity contribution in [2.75, 3.05) is 49.2 Å². The van der Waals surface area contributed by atoms with Crippen LogP contribution in [0.25, 0.3) is 22.0 Å². The largest absolute Gasteiger partial charge is 0.396 e. The molecule has 1 fully saturated rings. The molecular formula is C27H25FN6O. The number of carbonyl (C=O) groups is 1. The Labute approximate surface area is 203 Å². The summed E-state index contributed by atoms with van der Waals surface area (Å²) in [5.41, 5.74) is 8.47. The van der Waals surface area contributed by atoms with E-state index in [-0.39, 0.29) is 17.2 Å². The van der Waals surface area contributed by atoms with Crippen molar-refractivity contribution in [3.63, 3.8) is 0 Å². The number of carbonyl (C=O) groups excluding carboxylic acids is 1. The van der Waals surface area contributed by atoms with Crippen LogP contribution in [0, 0.1) is 18.3 Å². The highest BCUT2D eigenvalue weighted by Gasteiger charge is 2.17. The quantitative estimate of drug-likeness (QED) is 0.351. The van der Waals surface area contributed by atoms with Gasteiger partial charge >= 0.3 is 0 Å². The lowest BCUT2D eigenvalue weighted by molar-refractivity contribution is 0.102. The smallest absolute Gasteiger partial charge is 0.256 e. The SMILES string of the molecule is C#Cn1cccc1-c1cc2cc(NC(=O)c3ccc(N4CCN(C)CC4)cc3)ncc2c(N)c1F. The van der Waals surface area contributed by atoms with Crippen LogP contribution in [0.1, 0.15) is 10.4 Å². The Balaban J connectivity index is 1.39. The summed E-state index contributed by atoms with van der Waals surface area (Å²) in [4.78, 5) is 21.7. The number of piperazine rings is 1. The Hall–Kier alpha value is -4.35. The van der Waals surface area contributed by atoms with Gasteiger partial charge in [0.05, 0.1) is 11.4 Å². The van der Waals surface area contributed by atoms with Crippen molar-refractivity contribution in [1.29, 1.82) is 0 Å². The van der Waals surface area contributed by atoms with Crippen LogP contribution in [0.2, 0.25) is 0 Å². The van der Waals surface area contributed by atoms with Gasteiger partial charge in [0, 0.05) is 66.8 Å². The van der Waals surface area contributed by atoms with Crippen LogP contribution < -0.4 is 16.0 Å². The van der Waals surface area contributed by atoms with E-state index in [4.69, 9.17) is 12.2 Å². The molecule has 4 aromatic rings. The first-order valence-electron chi connectivity index (χ1n) is 11.3. The minimum atomic E-state index is -0.563. The molecule has 0 bridgehead atoms. The zero-order valence-electron chi connectivity index (χ0n) is 19.3. The molecule has 8 heteroatoms. The lowest BCUT2D eigenvalue weighted by Crippen LogP contribution is -2.44. The fourth-order valence-corrected chi connectivity index (χ4v) is 4.34. The van der Waals surface area contributed by atoms with E-state index in [1.54, 1.807) is 30.5 Å². The van der Waals surface area contributed by atoms with Gasteiger partial charge in [-0.3, -0.25) is 9.36 Å². The van der Waals surface area contributed by atoms with Gasteiger partial charge < -0.3 is 20.9 Å². The Morgan fingerprint density at radius 2 is 1.89 bits per heavy atom. The summed E-state index contributed by atoms with van der Waals surface area (Å²) in [6.07, 6.45) is 8.65. The first-order chi connectivity index (χ1) is 16.9. The molecule has 0 unspecified atom stereocenters. The third-order valence-electron chi connectivity index (χ3n) is 6.40. The summed E-state index contributed by atoms with van der Waals surface area (Å²) in [5, 5.41) is 3.92. The number of hydrogen-bond acceptors (Lipinski definition) is 5. The second-order valence-corrected chi connectivity index (χ2v) is 8.63. The predicted molar refractivity (Wildman–Crippen MR) is 138 cm³/mol. The third kappa shape index (κ3) is 4.29. The van der Waals surface area contributed by atoms with E-state index < -0.39 is 5.82 Å². The normalized spacial score (nSPS) is 14.1. The van der Waals surface area contributed by atoms with Gasteiger partial charge in [0.1, 0.15) is 5.82 Å². The fourth-order valence-electron chi connectivity index (χ4n) is 4.34. The molecule has 2 aromatic carbocycles. The molecule has 0 spiro atoms. The topological polar surface area (TPSA) is 79.4 Å². The van der Waals surface area contributed by atoms with Gasteiger partial charge in [-0.05, 0) is 61.0 Å². The van der Waals surface area contributed by atoms with Gasteiger partial charge in [-0.25, -0.2) is 9.37 Å². The van der Waals surface area contributed by atoms with E-state index in [1.165, 1.54) is 10.8 Å². The zero-order chi connectivity index (χ0) is 24.5. The van der Waals surface area contributed by atoms with Gasteiger partial charge in [0.15, 0.2) is 5.82 Å². The molecule has 5 rings (SSSR count). The summed E-state index contributed by atoms with van der Waals surface area (Å²) in [6.45, 7) is 3.95. The van der Waals surface area contributed by atoms with Crippen molar-refractivity contribution in [1.82, 2.24) is 14.5 Å². The fraction of sp³-hybridized carbons (Fsp3) is 0.185. The van der Waals surface area contributed by atoms with Crippen molar-refractivity contribution in [2.45, 2.75) is 0 Å². The number of rotatable bonds is 4. The molecule has 0 radical (unpaired) electrons. The summed E-state index contributed by atoms with van der Waals surface area (Å²) in [5.74, 6) is -0.500. The molecule has 3 N–H and O–H groups in total. The number of halogens is 1. The summed E-state index contributed by atoms with van der Waals surface area (Å²) in [7, 11) is 2.12. The Morgan fingerprint density at radius 1 is 1.14 bits per heavy atom. The van der Waals surface area contributed by atoms with Crippen LogP contribution in [0.3, 0.4) is 0 Å². The number of nitrogen functional groups attached to an aromatic ring is 1. The van der Waals surface area contributed by atoms with Crippen LogP contribution in [0.4, 0.5) is 21.6 Å². The number of nitrogens with zero attached hydrogens (tertiary/aromatic N) is 4. The summed E-state index contributed by atoms with van der Waals surface area (Å²) >= 11 is 0. The van der Waals surface area contributed by atoms with Crippen LogP contribution in [0.15, 0.2) is 60.9 Å². The molecule has 0 atom stereocenters. The number of likely N-dealkylation sites (N-methyl/N-ethyl adjacent to an activating group) is 1. The molecule has 176 valence electrons. The number of fused-ring (bicyclic) bond motifs is 1. The lowest BCUT2D eigenvalue weighted by Gasteiger charge is -2.34. The maximum absolute atomic E-state index is 15.0. The van der Waals surface area contributed by atoms with Gasteiger partial charge in [0.25, 0.3) is 5.91 Å². The molecule has 35 heavy (non-hydrogen) atoms. The highest BCUT2D eigenvalue weighted by atomic mass is 19.1. The first kappa shape index (κ1) is 22.4. The van der Waals surface area contributed by atoms with Crippen LogP contribution >= 0.6 is 0 Å². The zero-order valence-corrected chi connectivity index (χ0v) is 19.3. The third-order valence-corrected chi connectivity index (χ3v) is 6.40. The molecule has 1 aliphatic rings. The van der Waals surface area contributed by atoms with Crippen LogP contribution in [-0.2, 0) is 0 Å². The second-order valence-electron chi connectivity index (χ2n) is 8.63. The van der Waals surface area contributed by atoms with Crippen molar-refractivity contribution >= 4 is 33.9 Å². The minimum absolute atomic E-state index is 0.0212. The predicted octanol–water partition coefficient (Wildman–Crippen LogP) is 3.87. The molecule has 0 saturated carbocycles. The minimum Gasteiger partial charge on any atom is -0.396 e. The van der Waals surface area contributed by atoms with E-state index in [0.717, 1.165) is 31.9 Å². The number of anilines is 3. The number of benzene rings is 2. The van der Waals surface area contributed by atoms with E-state index >= 15 is 4.39 Å². The average Bonchev–Trinajstić information content (AvgIpc) is 3.35. The number of hydrogen-bond donors (Lipinski definition) is 2. The first-order valence-corrected chi connectivity index (χ1v) is 11.3. The molecule has 1 aliphatic heterocycles. The number of terminal acetylenes is 1. The second kappa shape index (κ2) is 9.12. The monoisotopic (exact) mass is 468 g/mol. The van der Waals surface area contributed by atoms with E-state index in [1.807, 2.05) is 24.3 Å². The number of nitrogens with two attached hydrogens (primary N) is 1. The highest BCUT2D eigenvalue weighted by molar-refractivity contribution is 6.05. The molecule has 3 heterocycles. The van der Waals surface area contributed by atoms with Crippen LogP contribution in [0.5, 0.6) is 0 Å². The Morgan fingerprint density at radius 3 is 2.60 bits per heavy atom. The van der Waals surface area contributed by atoms with E-state index in [0.29, 0.717) is 27.8 Å². The highest BCUT2D eigenvalue weighted by Crippen LogP contribution is 2.34. The number of nitrogens with one attached hydrogen (secondary N) is 1. The maximum atomic E-state index is 15.0. The summed E-state index contributed by atoms with van der Waals surface area (Å²) < 4.78 is 16.5. The Kier molecular flexibility index (Phi) is 5.85. The molecule has 1 amide bonds. The van der Waals surface area contributed by atoms with Gasteiger partial charge in [0.2, 0.25) is 0 Å². The lowest BCUT2D eigenvalue weighted by atomic mass is 10.0. The van der Waals surface area contributed by atoms with Gasteiger partial charge in [-0.15, -0.1) is 0 Å². The van der Waals surface area contributed by atoms with Crippen molar-refractivity contribution in [2.24, 2.45) is 0 Å². The molecule has 0 aliphatic carbocycles. The molecule has 1 saturated heterocycles.